The van der Waals surface area contributed by atoms with E-state index in [0.717, 1.165) is 4.47 Å². The van der Waals surface area contributed by atoms with E-state index in [1.54, 1.807) is 24.3 Å². The molecule has 0 aromatic heterocycles. The molecule has 0 spiro atoms. The summed E-state index contributed by atoms with van der Waals surface area (Å²) in [6.07, 6.45) is 0. The van der Waals surface area contributed by atoms with Gasteiger partial charge in [-0.05, 0) is 53.2 Å². The number of benzene rings is 2. The summed E-state index contributed by atoms with van der Waals surface area (Å²) >= 11 is 6.71. The van der Waals surface area contributed by atoms with E-state index in [0.29, 0.717) is 28.1 Å². The van der Waals surface area contributed by atoms with Gasteiger partial charge in [0.25, 0.3) is 0 Å². The average molecular weight is 400 g/mol. The molecular weight excluding hydrogens is 388 g/mol. The first-order chi connectivity index (χ1) is 9.61. The summed E-state index contributed by atoms with van der Waals surface area (Å²) in [5.74, 6) is 0.537. The Kier molecular flexibility index (Phi) is 5.20. The molecule has 104 valence electrons. The third-order valence-electron chi connectivity index (χ3n) is 2.50. The number of rotatable bonds is 4. The van der Waals surface area contributed by atoms with Gasteiger partial charge in [-0.15, -0.1) is 0 Å². The molecule has 0 atom stereocenters. The highest BCUT2D eigenvalue weighted by atomic mass is 79.9. The second-order valence-corrected chi connectivity index (χ2v) is 5.66. The molecule has 2 aromatic carbocycles. The zero-order valence-corrected chi connectivity index (χ0v) is 13.9. The maximum Gasteiger partial charge on any atom is 0.347 e. The highest BCUT2D eigenvalue weighted by molar-refractivity contribution is 9.11. The van der Waals surface area contributed by atoms with Crippen LogP contribution in [0.2, 0.25) is 0 Å². The maximum atomic E-state index is 12.2. The summed E-state index contributed by atoms with van der Waals surface area (Å²) in [4.78, 5) is 12.2. The van der Waals surface area contributed by atoms with Crippen LogP contribution in [0.3, 0.4) is 0 Å². The number of carbonyl (C=O) groups is 1. The molecule has 2 rings (SSSR count). The highest BCUT2D eigenvalue weighted by Gasteiger charge is 2.15. The number of hydrogen-bond acceptors (Lipinski definition) is 3. The maximum absolute atomic E-state index is 12.2. The fourth-order valence-electron chi connectivity index (χ4n) is 1.63. The zero-order chi connectivity index (χ0) is 14.5. The molecule has 0 saturated heterocycles. The first-order valence-corrected chi connectivity index (χ1v) is 7.59. The van der Waals surface area contributed by atoms with Crippen molar-refractivity contribution in [2.24, 2.45) is 0 Å². The molecule has 0 radical (unpaired) electrons. The minimum absolute atomic E-state index is 0.407. The number of para-hydroxylation sites is 1. The van der Waals surface area contributed by atoms with Crippen molar-refractivity contribution in [3.05, 3.63) is 57.0 Å². The molecule has 0 unspecified atom stereocenters. The molecular formula is C15H12Br2O3. The van der Waals surface area contributed by atoms with E-state index >= 15 is 0 Å². The van der Waals surface area contributed by atoms with Crippen LogP contribution in [0.15, 0.2) is 51.4 Å². The van der Waals surface area contributed by atoms with Crippen LogP contribution in [0.5, 0.6) is 11.5 Å². The number of esters is 1. The molecule has 0 saturated carbocycles. The Morgan fingerprint density at radius 1 is 1.10 bits per heavy atom. The Bertz CT molecular complexity index is 626. The Morgan fingerprint density at radius 3 is 2.55 bits per heavy atom. The van der Waals surface area contributed by atoms with Gasteiger partial charge in [-0.25, -0.2) is 4.79 Å². The largest absolute Gasteiger partial charge is 0.493 e. The highest BCUT2D eigenvalue weighted by Crippen LogP contribution is 2.29. The Hall–Kier alpha value is -1.33. The molecule has 0 aliphatic carbocycles. The first kappa shape index (κ1) is 15.1. The molecule has 0 bridgehead atoms. The summed E-state index contributed by atoms with van der Waals surface area (Å²) in [6, 6.07) is 12.4. The van der Waals surface area contributed by atoms with Crippen LogP contribution >= 0.6 is 31.9 Å². The van der Waals surface area contributed by atoms with Gasteiger partial charge in [-0.3, -0.25) is 0 Å². The lowest BCUT2D eigenvalue weighted by Crippen LogP contribution is -2.11. The van der Waals surface area contributed by atoms with E-state index in [-0.39, 0.29) is 0 Å². The lowest BCUT2D eigenvalue weighted by atomic mass is 10.2. The van der Waals surface area contributed by atoms with Gasteiger partial charge in [0.2, 0.25) is 0 Å². The topological polar surface area (TPSA) is 35.5 Å². The third kappa shape index (κ3) is 3.61. The Balaban J connectivity index is 2.24. The number of halogens is 2. The minimum atomic E-state index is -0.447. The van der Waals surface area contributed by atoms with Gasteiger partial charge in [0, 0.05) is 4.47 Å². The van der Waals surface area contributed by atoms with Crippen LogP contribution in [-0.4, -0.2) is 12.6 Å². The third-order valence-corrected chi connectivity index (χ3v) is 3.62. The van der Waals surface area contributed by atoms with E-state index in [1.807, 2.05) is 25.1 Å². The molecule has 2 aromatic rings. The van der Waals surface area contributed by atoms with Crippen molar-refractivity contribution < 1.29 is 14.3 Å². The van der Waals surface area contributed by atoms with Gasteiger partial charge in [0.1, 0.15) is 17.1 Å². The van der Waals surface area contributed by atoms with Gasteiger partial charge >= 0.3 is 5.97 Å². The van der Waals surface area contributed by atoms with Crippen molar-refractivity contribution in [2.45, 2.75) is 6.92 Å². The molecule has 0 aliphatic rings. The van der Waals surface area contributed by atoms with Crippen LogP contribution in [0.1, 0.15) is 17.3 Å². The van der Waals surface area contributed by atoms with Crippen molar-refractivity contribution in [2.75, 3.05) is 6.61 Å². The SMILES string of the molecule is CCOc1ccccc1C(=O)Oc1ccc(Br)cc1Br. The predicted octanol–water partition coefficient (Wildman–Crippen LogP) is 4.83. The summed E-state index contributed by atoms with van der Waals surface area (Å²) in [5.41, 5.74) is 0.407. The predicted molar refractivity (Wildman–Crippen MR) is 84.4 cm³/mol. The summed E-state index contributed by atoms with van der Waals surface area (Å²) in [5, 5.41) is 0. The van der Waals surface area contributed by atoms with E-state index in [4.69, 9.17) is 9.47 Å². The Labute approximate surface area is 134 Å². The fourth-order valence-corrected chi connectivity index (χ4v) is 2.76. The molecule has 0 fully saturated rings. The number of carbonyl (C=O) groups excluding carboxylic acids is 1. The fraction of sp³-hybridized carbons (Fsp3) is 0.133. The molecule has 0 amide bonds. The van der Waals surface area contributed by atoms with Crippen LogP contribution in [0, 0.1) is 0 Å². The molecule has 0 heterocycles. The van der Waals surface area contributed by atoms with E-state index in [9.17, 15) is 4.79 Å². The van der Waals surface area contributed by atoms with Crippen molar-refractivity contribution >= 4 is 37.8 Å². The van der Waals surface area contributed by atoms with Gasteiger partial charge in [0.05, 0.1) is 11.1 Å². The normalized spacial score (nSPS) is 10.2. The lowest BCUT2D eigenvalue weighted by Gasteiger charge is -2.10. The second-order valence-electron chi connectivity index (χ2n) is 3.89. The van der Waals surface area contributed by atoms with Crippen LogP contribution < -0.4 is 9.47 Å². The van der Waals surface area contributed by atoms with Crippen molar-refractivity contribution in [3.63, 3.8) is 0 Å². The van der Waals surface area contributed by atoms with Gasteiger partial charge in [0.15, 0.2) is 0 Å². The molecule has 20 heavy (non-hydrogen) atoms. The molecule has 0 aliphatic heterocycles. The van der Waals surface area contributed by atoms with E-state index in [1.165, 1.54) is 0 Å². The van der Waals surface area contributed by atoms with E-state index in [2.05, 4.69) is 31.9 Å². The van der Waals surface area contributed by atoms with Gasteiger partial charge < -0.3 is 9.47 Å². The number of hydrogen-bond donors (Lipinski definition) is 0. The molecule has 3 nitrogen and oxygen atoms in total. The average Bonchev–Trinajstić information content (AvgIpc) is 2.43. The smallest absolute Gasteiger partial charge is 0.347 e. The Morgan fingerprint density at radius 2 is 1.85 bits per heavy atom. The van der Waals surface area contributed by atoms with Crippen molar-refractivity contribution in [1.29, 1.82) is 0 Å². The van der Waals surface area contributed by atoms with E-state index < -0.39 is 5.97 Å². The van der Waals surface area contributed by atoms with Gasteiger partial charge in [-0.2, -0.15) is 0 Å². The summed E-state index contributed by atoms with van der Waals surface area (Å²) in [6.45, 7) is 2.36. The first-order valence-electron chi connectivity index (χ1n) is 6.01. The second kappa shape index (κ2) is 6.90. The molecule has 0 N–H and O–H groups in total. The van der Waals surface area contributed by atoms with Crippen molar-refractivity contribution in [1.82, 2.24) is 0 Å². The van der Waals surface area contributed by atoms with Gasteiger partial charge in [-0.1, -0.05) is 28.1 Å². The van der Waals surface area contributed by atoms with Crippen LogP contribution in [0.25, 0.3) is 0 Å². The van der Waals surface area contributed by atoms with Crippen LogP contribution in [-0.2, 0) is 0 Å². The molecule has 5 heteroatoms. The number of ether oxygens (including phenoxy) is 2. The quantitative estimate of drug-likeness (QED) is 0.545. The summed E-state index contributed by atoms with van der Waals surface area (Å²) < 4.78 is 12.4. The summed E-state index contributed by atoms with van der Waals surface area (Å²) in [7, 11) is 0. The van der Waals surface area contributed by atoms with Crippen molar-refractivity contribution in [3.8, 4) is 11.5 Å². The standard InChI is InChI=1S/C15H12Br2O3/c1-2-19-13-6-4-3-5-11(13)15(18)20-14-8-7-10(16)9-12(14)17/h3-9H,2H2,1H3. The monoisotopic (exact) mass is 398 g/mol. The minimum Gasteiger partial charge on any atom is -0.493 e. The zero-order valence-electron chi connectivity index (χ0n) is 10.7. The van der Waals surface area contributed by atoms with Crippen LogP contribution in [0.4, 0.5) is 0 Å². The lowest BCUT2D eigenvalue weighted by molar-refractivity contribution is 0.0729.